The van der Waals surface area contributed by atoms with Crippen molar-refractivity contribution >= 4 is 28.5 Å². The molecule has 0 fully saturated rings. The summed E-state index contributed by atoms with van der Waals surface area (Å²) in [5.74, 6) is 0.354. The molecule has 3 aromatic rings. The fourth-order valence-corrected chi connectivity index (χ4v) is 4.53. The van der Waals surface area contributed by atoms with Crippen molar-refractivity contribution in [3.63, 3.8) is 0 Å². The van der Waals surface area contributed by atoms with Gasteiger partial charge in [-0.05, 0) is 84.3 Å². The van der Waals surface area contributed by atoms with Crippen LogP contribution in [0.25, 0.3) is 11.1 Å². The number of nitrogens with two attached hydrogens (primary N) is 1. The number of rotatable bonds is 5. The average molecular weight is 441 g/mol. The van der Waals surface area contributed by atoms with Gasteiger partial charge in [0.25, 0.3) is 0 Å². The molecular weight excluding hydrogens is 412 g/mol. The van der Waals surface area contributed by atoms with E-state index in [1.54, 1.807) is 25.3 Å². The molecule has 0 saturated carbocycles. The van der Waals surface area contributed by atoms with E-state index >= 15 is 0 Å². The number of nitrogens with one attached hydrogen (secondary N) is 1. The maximum Gasteiger partial charge on any atom is 0.337 e. The van der Waals surface area contributed by atoms with Crippen molar-refractivity contribution in [1.29, 1.82) is 5.41 Å². The van der Waals surface area contributed by atoms with Gasteiger partial charge in [-0.15, -0.1) is 0 Å². The standard InChI is InChI=1S/C28H28N2O3/c1-17-7-4-5-9-21(17)23-10-6-8-18-15-20(32-2)12-14-22(18)26(23)27(30)24-13-11-19(16-25(24)29)28(31)33-3/h4-5,7,9,11-16,30H,6,8,10,29H2,1-3H3. The van der Waals surface area contributed by atoms with E-state index in [0.29, 0.717) is 22.5 Å². The van der Waals surface area contributed by atoms with Crippen molar-refractivity contribution in [1.82, 2.24) is 0 Å². The first-order valence-electron chi connectivity index (χ1n) is 11.0. The molecule has 0 amide bonds. The molecule has 5 heteroatoms. The highest BCUT2D eigenvalue weighted by molar-refractivity contribution is 6.37. The Labute approximate surface area is 194 Å². The van der Waals surface area contributed by atoms with Gasteiger partial charge in [-0.2, -0.15) is 0 Å². The second-order valence-electron chi connectivity index (χ2n) is 8.21. The smallest absolute Gasteiger partial charge is 0.337 e. The Hall–Kier alpha value is -3.86. The molecule has 0 aliphatic heterocycles. The summed E-state index contributed by atoms with van der Waals surface area (Å²) in [6, 6.07) is 19.3. The lowest BCUT2D eigenvalue weighted by molar-refractivity contribution is 0.0601. The molecule has 3 N–H and O–H groups in total. The van der Waals surface area contributed by atoms with Crippen LogP contribution in [0.15, 0.2) is 60.7 Å². The molecule has 4 rings (SSSR count). The molecule has 0 unspecified atom stereocenters. The molecule has 1 aliphatic carbocycles. The molecule has 0 aromatic heterocycles. The highest BCUT2D eigenvalue weighted by atomic mass is 16.5. The van der Waals surface area contributed by atoms with Gasteiger partial charge in [0, 0.05) is 16.8 Å². The summed E-state index contributed by atoms with van der Waals surface area (Å²) < 4.78 is 10.3. The molecule has 0 spiro atoms. The number of benzene rings is 3. The van der Waals surface area contributed by atoms with E-state index in [0.717, 1.165) is 52.8 Å². The second kappa shape index (κ2) is 9.33. The molecule has 1 aliphatic rings. The maximum atomic E-state index is 11.9. The first kappa shape index (κ1) is 22.3. The number of carbonyl (C=O) groups excluding carboxylic acids is 1. The van der Waals surface area contributed by atoms with Gasteiger partial charge in [-0.1, -0.05) is 30.3 Å². The van der Waals surface area contributed by atoms with E-state index in [1.807, 2.05) is 24.3 Å². The SMILES string of the molecule is COC(=O)c1ccc(C(=N)C2=C(c3ccccc3C)CCCc3cc(OC)ccc32)c(N)c1. The van der Waals surface area contributed by atoms with Gasteiger partial charge in [0.15, 0.2) is 0 Å². The number of fused-ring (bicyclic) bond motifs is 1. The van der Waals surface area contributed by atoms with Crippen LogP contribution in [0.4, 0.5) is 5.69 Å². The summed E-state index contributed by atoms with van der Waals surface area (Å²) in [6.07, 6.45) is 2.71. The number of esters is 1. The molecule has 168 valence electrons. The quantitative estimate of drug-likeness (QED) is 0.303. The van der Waals surface area contributed by atoms with E-state index in [4.69, 9.17) is 15.2 Å². The third-order valence-electron chi connectivity index (χ3n) is 6.22. The molecule has 33 heavy (non-hydrogen) atoms. The summed E-state index contributed by atoms with van der Waals surface area (Å²) in [5, 5.41) is 9.28. The lowest BCUT2D eigenvalue weighted by Gasteiger charge is -2.20. The number of hydrogen-bond donors (Lipinski definition) is 2. The van der Waals surface area contributed by atoms with E-state index in [2.05, 4.69) is 25.1 Å². The summed E-state index contributed by atoms with van der Waals surface area (Å²) in [7, 11) is 3.00. The van der Waals surface area contributed by atoms with Crippen molar-refractivity contribution < 1.29 is 14.3 Å². The largest absolute Gasteiger partial charge is 0.497 e. The third kappa shape index (κ3) is 4.27. The van der Waals surface area contributed by atoms with Crippen LogP contribution in [-0.4, -0.2) is 25.9 Å². The van der Waals surface area contributed by atoms with Crippen LogP contribution >= 0.6 is 0 Å². The Morgan fingerprint density at radius 2 is 1.76 bits per heavy atom. The number of hydrogen-bond acceptors (Lipinski definition) is 5. The van der Waals surface area contributed by atoms with E-state index in [1.165, 1.54) is 12.7 Å². The predicted molar refractivity (Wildman–Crippen MR) is 133 cm³/mol. The van der Waals surface area contributed by atoms with Gasteiger partial charge in [0.05, 0.1) is 25.5 Å². The molecule has 0 atom stereocenters. The maximum absolute atomic E-state index is 11.9. The number of aryl methyl sites for hydroxylation is 2. The fraction of sp³-hybridized carbons (Fsp3) is 0.214. The molecule has 0 radical (unpaired) electrons. The highest BCUT2D eigenvalue weighted by Gasteiger charge is 2.25. The molecule has 3 aromatic carbocycles. The zero-order valence-corrected chi connectivity index (χ0v) is 19.2. The second-order valence-corrected chi connectivity index (χ2v) is 8.21. The Bertz CT molecular complexity index is 1270. The van der Waals surface area contributed by atoms with Gasteiger partial charge in [0.1, 0.15) is 5.75 Å². The van der Waals surface area contributed by atoms with Gasteiger partial charge in [-0.3, -0.25) is 5.41 Å². The molecular formula is C28H28N2O3. The monoisotopic (exact) mass is 440 g/mol. The van der Waals surface area contributed by atoms with Crippen molar-refractivity contribution in [2.45, 2.75) is 26.2 Å². The van der Waals surface area contributed by atoms with Crippen molar-refractivity contribution in [3.05, 3.63) is 94.0 Å². The normalized spacial score (nSPS) is 13.2. The minimum absolute atomic E-state index is 0.343. The zero-order valence-electron chi connectivity index (χ0n) is 19.2. The molecule has 0 heterocycles. The van der Waals surface area contributed by atoms with Gasteiger partial charge < -0.3 is 15.2 Å². The number of methoxy groups -OCH3 is 2. The van der Waals surface area contributed by atoms with E-state index < -0.39 is 5.97 Å². The lowest BCUT2D eigenvalue weighted by atomic mass is 9.85. The number of nitrogen functional groups attached to an aromatic ring is 1. The summed E-state index contributed by atoms with van der Waals surface area (Å²) in [5.41, 5.74) is 14.5. The van der Waals surface area contributed by atoms with Crippen molar-refractivity contribution in [3.8, 4) is 5.75 Å². The lowest BCUT2D eigenvalue weighted by Crippen LogP contribution is -2.11. The number of anilines is 1. The topological polar surface area (TPSA) is 85.4 Å². The predicted octanol–water partition coefficient (Wildman–Crippen LogP) is 5.69. The Kier molecular flexibility index (Phi) is 6.31. The Morgan fingerprint density at radius 3 is 2.45 bits per heavy atom. The van der Waals surface area contributed by atoms with Crippen LogP contribution in [0.3, 0.4) is 0 Å². The van der Waals surface area contributed by atoms with Crippen molar-refractivity contribution in [2.75, 3.05) is 20.0 Å². The Morgan fingerprint density at radius 1 is 0.970 bits per heavy atom. The van der Waals surface area contributed by atoms with Gasteiger partial charge >= 0.3 is 5.97 Å². The average Bonchev–Trinajstić information content (AvgIpc) is 3.02. The first-order chi connectivity index (χ1) is 15.9. The molecule has 0 saturated heterocycles. The van der Waals surface area contributed by atoms with Crippen molar-refractivity contribution in [2.24, 2.45) is 0 Å². The number of ether oxygens (including phenoxy) is 2. The number of carbonyl (C=O) groups is 1. The van der Waals surface area contributed by atoms with Crippen LogP contribution < -0.4 is 10.5 Å². The van der Waals surface area contributed by atoms with Crippen LogP contribution in [0.1, 0.15) is 51.0 Å². The van der Waals surface area contributed by atoms with Crippen LogP contribution in [0, 0.1) is 12.3 Å². The first-order valence-corrected chi connectivity index (χ1v) is 11.0. The van der Waals surface area contributed by atoms with E-state index in [-0.39, 0.29) is 0 Å². The van der Waals surface area contributed by atoms with E-state index in [9.17, 15) is 10.2 Å². The van der Waals surface area contributed by atoms with Crippen LogP contribution in [0.2, 0.25) is 0 Å². The Balaban J connectivity index is 1.95. The molecule has 5 nitrogen and oxygen atoms in total. The molecule has 0 bridgehead atoms. The van der Waals surface area contributed by atoms with Crippen LogP contribution in [-0.2, 0) is 11.2 Å². The summed E-state index contributed by atoms with van der Waals surface area (Å²) >= 11 is 0. The zero-order chi connectivity index (χ0) is 23.5. The highest BCUT2D eigenvalue weighted by Crippen LogP contribution is 2.40. The minimum Gasteiger partial charge on any atom is -0.497 e. The summed E-state index contributed by atoms with van der Waals surface area (Å²) in [6.45, 7) is 2.10. The minimum atomic E-state index is -0.452. The van der Waals surface area contributed by atoms with Gasteiger partial charge in [-0.25, -0.2) is 4.79 Å². The third-order valence-corrected chi connectivity index (χ3v) is 6.22. The summed E-state index contributed by atoms with van der Waals surface area (Å²) in [4.78, 5) is 11.9. The van der Waals surface area contributed by atoms with Gasteiger partial charge in [0.2, 0.25) is 0 Å². The number of allylic oxidation sites excluding steroid dienone is 2. The van der Waals surface area contributed by atoms with Crippen LogP contribution in [0.5, 0.6) is 5.75 Å². The fourth-order valence-electron chi connectivity index (χ4n) is 4.53.